The fourth-order valence-corrected chi connectivity index (χ4v) is 1.96. The van der Waals surface area contributed by atoms with Gasteiger partial charge in [-0.15, -0.1) is 0 Å². The Bertz CT molecular complexity index is 378. The first-order valence-electron chi connectivity index (χ1n) is 5.69. The van der Waals surface area contributed by atoms with Crippen LogP contribution in [-0.2, 0) is 13.1 Å². The zero-order chi connectivity index (χ0) is 11.4. The Kier molecular flexibility index (Phi) is 3.54. The molecule has 5 heteroatoms. The van der Waals surface area contributed by atoms with E-state index in [2.05, 4.69) is 34.5 Å². The van der Waals surface area contributed by atoms with Gasteiger partial charge >= 0.3 is 0 Å². The summed E-state index contributed by atoms with van der Waals surface area (Å²) in [7, 11) is 0. The zero-order valence-electron chi connectivity index (χ0n) is 9.56. The van der Waals surface area contributed by atoms with Gasteiger partial charge in [0, 0.05) is 44.5 Å². The maximum absolute atomic E-state index is 9.04. The smallest absolute Gasteiger partial charge is 0.111 e. The number of nitrogens with one attached hydrogen (secondary N) is 1. The minimum atomic E-state index is -0.0151. The Hall–Kier alpha value is -1.38. The molecule has 1 saturated heterocycles. The third kappa shape index (κ3) is 2.40. The van der Waals surface area contributed by atoms with E-state index >= 15 is 0 Å². The van der Waals surface area contributed by atoms with Crippen LogP contribution < -0.4 is 5.32 Å². The van der Waals surface area contributed by atoms with Gasteiger partial charge in [-0.1, -0.05) is 0 Å². The topological polar surface area (TPSA) is 56.9 Å². The molecule has 0 spiro atoms. The van der Waals surface area contributed by atoms with Crippen LogP contribution in [0.15, 0.2) is 12.4 Å². The highest BCUT2D eigenvalue weighted by atomic mass is 15.3. The third-order valence-electron chi connectivity index (χ3n) is 2.90. The molecule has 5 nitrogen and oxygen atoms in total. The highest BCUT2D eigenvalue weighted by Crippen LogP contribution is 2.09. The van der Waals surface area contributed by atoms with Gasteiger partial charge in [-0.25, -0.2) is 0 Å². The predicted octanol–water partition coefficient (Wildman–Crippen LogP) is 0.200. The van der Waals surface area contributed by atoms with Crippen LogP contribution in [0.1, 0.15) is 12.5 Å². The molecule has 0 amide bonds. The SMILES string of the molecule is CCn1cc(CN2CCNCC2C#N)cn1. The molecule has 1 atom stereocenters. The van der Waals surface area contributed by atoms with Crippen LogP contribution in [-0.4, -0.2) is 40.4 Å². The van der Waals surface area contributed by atoms with Gasteiger partial charge in [-0.05, 0) is 6.92 Å². The van der Waals surface area contributed by atoms with Crippen molar-refractivity contribution in [1.82, 2.24) is 20.0 Å². The van der Waals surface area contributed by atoms with Crippen molar-refractivity contribution < 1.29 is 0 Å². The molecule has 1 aliphatic heterocycles. The molecular formula is C11H17N5. The average molecular weight is 219 g/mol. The van der Waals surface area contributed by atoms with Gasteiger partial charge in [0.2, 0.25) is 0 Å². The largest absolute Gasteiger partial charge is 0.313 e. The summed E-state index contributed by atoms with van der Waals surface area (Å²) < 4.78 is 1.92. The van der Waals surface area contributed by atoms with Gasteiger partial charge in [-0.3, -0.25) is 9.58 Å². The molecule has 0 aromatic carbocycles. The minimum absolute atomic E-state index is 0.0151. The van der Waals surface area contributed by atoms with E-state index < -0.39 is 0 Å². The molecule has 1 aliphatic rings. The Morgan fingerprint density at radius 3 is 3.25 bits per heavy atom. The second-order valence-corrected chi connectivity index (χ2v) is 4.02. The molecule has 0 aliphatic carbocycles. The van der Waals surface area contributed by atoms with Crippen molar-refractivity contribution in [2.75, 3.05) is 19.6 Å². The monoisotopic (exact) mass is 219 g/mol. The van der Waals surface area contributed by atoms with E-state index in [0.29, 0.717) is 0 Å². The fraction of sp³-hybridized carbons (Fsp3) is 0.636. The summed E-state index contributed by atoms with van der Waals surface area (Å²) >= 11 is 0. The molecule has 1 N–H and O–H groups in total. The molecule has 0 radical (unpaired) electrons. The number of nitriles is 1. The second-order valence-electron chi connectivity index (χ2n) is 4.02. The quantitative estimate of drug-likeness (QED) is 0.789. The van der Waals surface area contributed by atoms with E-state index in [9.17, 15) is 0 Å². The maximum Gasteiger partial charge on any atom is 0.111 e. The van der Waals surface area contributed by atoms with Crippen LogP contribution in [0.4, 0.5) is 0 Å². The zero-order valence-corrected chi connectivity index (χ0v) is 9.56. The van der Waals surface area contributed by atoms with Crippen LogP contribution >= 0.6 is 0 Å². The van der Waals surface area contributed by atoms with Gasteiger partial charge < -0.3 is 5.32 Å². The van der Waals surface area contributed by atoms with Gasteiger partial charge in [-0.2, -0.15) is 10.4 Å². The van der Waals surface area contributed by atoms with Crippen LogP contribution in [0.25, 0.3) is 0 Å². The van der Waals surface area contributed by atoms with Crippen LogP contribution in [0.3, 0.4) is 0 Å². The Morgan fingerprint density at radius 2 is 2.56 bits per heavy atom. The summed E-state index contributed by atoms with van der Waals surface area (Å²) in [6.45, 7) is 6.43. The number of hydrogen-bond acceptors (Lipinski definition) is 4. The average Bonchev–Trinajstić information content (AvgIpc) is 2.77. The lowest BCUT2D eigenvalue weighted by Gasteiger charge is -2.31. The first kappa shape index (κ1) is 11.1. The van der Waals surface area contributed by atoms with Crippen molar-refractivity contribution in [2.45, 2.75) is 26.1 Å². The van der Waals surface area contributed by atoms with Gasteiger partial charge in [0.05, 0.1) is 12.3 Å². The fourth-order valence-electron chi connectivity index (χ4n) is 1.96. The summed E-state index contributed by atoms with van der Waals surface area (Å²) in [5.74, 6) is 0. The molecule has 2 rings (SSSR count). The van der Waals surface area contributed by atoms with E-state index in [1.54, 1.807) is 0 Å². The minimum Gasteiger partial charge on any atom is -0.313 e. The molecular weight excluding hydrogens is 202 g/mol. The van der Waals surface area contributed by atoms with Crippen molar-refractivity contribution >= 4 is 0 Å². The van der Waals surface area contributed by atoms with Gasteiger partial charge in [0.25, 0.3) is 0 Å². The Balaban J connectivity index is 1.99. The molecule has 0 saturated carbocycles. The summed E-state index contributed by atoms with van der Waals surface area (Å²) in [6.07, 6.45) is 3.94. The van der Waals surface area contributed by atoms with Gasteiger partial charge in [0.15, 0.2) is 0 Å². The predicted molar refractivity (Wildman–Crippen MR) is 60.6 cm³/mol. The van der Waals surface area contributed by atoms with Crippen molar-refractivity contribution in [3.8, 4) is 6.07 Å². The number of hydrogen-bond donors (Lipinski definition) is 1. The lowest BCUT2D eigenvalue weighted by molar-refractivity contribution is 0.189. The molecule has 0 bridgehead atoms. The summed E-state index contributed by atoms with van der Waals surface area (Å²) in [6, 6.07) is 2.32. The molecule has 16 heavy (non-hydrogen) atoms. The standard InChI is InChI=1S/C11H17N5/c1-2-16-9-10(6-14-16)8-15-4-3-13-7-11(15)5-12/h6,9,11,13H,2-4,7-8H2,1H3. The third-order valence-corrected chi connectivity index (χ3v) is 2.90. The molecule has 1 aromatic rings. The summed E-state index contributed by atoms with van der Waals surface area (Å²) in [5.41, 5.74) is 1.18. The van der Waals surface area contributed by atoms with Gasteiger partial charge in [0.1, 0.15) is 6.04 Å². The highest BCUT2D eigenvalue weighted by Gasteiger charge is 2.21. The maximum atomic E-state index is 9.04. The molecule has 1 aromatic heterocycles. The van der Waals surface area contributed by atoms with Crippen LogP contribution in [0.2, 0.25) is 0 Å². The second kappa shape index (κ2) is 5.10. The van der Waals surface area contributed by atoms with Crippen LogP contribution in [0, 0.1) is 11.3 Å². The number of rotatable bonds is 3. The van der Waals surface area contributed by atoms with Crippen molar-refractivity contribution in [3.05, 3.63) is 18.0 Å². The number of piperazine rings is 1. The first-order valence-corrected chi connectivity index (χ1v) is 5.69. The first-order chi connectivity index (χ1) is 7.83. The van der Waals surface area contributed by atoms with E-state index in [0.717, 1.165) is 32.7 Å². The Labute approximate surface area is 95.7 Å². The molecule has 86 valence electrons. The molecule has 1 unspecified atom stereocenters. The van der Waals surface area contributed by atoms with E-state index in [4.69, 9.17) is 5.26 Å². The molecule has 2 heterocycles. The summed E-state index contributed by atoms with van der Waals surface area (Å²) in [4.78, 5) is 2.20. The number of aromatic nitrogens is 2. The highest BCUT2D eigenvalue weighted by molar-refractivity contribution is 5.06. The van der Waals surface area contributed by atoms with E-state index in [1.807, 2.05) is 10.9 Å². The van der Waals surface area contributed by atoms with Crippen molar-refractivity contribution in [1.29, 1.82) is 5.26 Å². The lowest BCUT2D eigenvalue weighted by Crippen LogP contribution is -2.49. The normalized spacial score (nSPS) is 21.9. The van der Waals surface area contributed by atoms with Crippen molar-refractivity contribution in [3.63, 3.8) is 0 Å². The summed E-state index contributed by atoms with van der Waals surface area (Å²) in [5, 5.41) is 16.5. The number of nitrogens with zero attached hydrogens (tertiary/aromatic N) is 4. The van der Waals surface area contributed by atoms with E-state index in [-0.39, 0.29) is 6.04 Å². The Morgan fingerprint density at radius 1 is 1.69 bits per heavy atom. The lowest BCUT2D eigenvalue weighted by atomic mass is 10.2. The number of aryl methyl sites for hydroxylation is 1. The van der Waals surface area contributed by atoms with Crippen LogP contribution in [0.5, 0.6) is 0 Å². The van der Waals surface area contributed by atoms with E-state index in [1.165, 1.54) is 5.56 Å². The van der Waals surface area contributed by atoms with Crippen molar-refractivity contribution in [2.24, 2.45) is 0 Å². The molecule has 1 fully saturated rings.